The smallest absolute Gasteiger partial charge is 0.220 e. The maximum atomic E-state index is 12.4. The molecule has 0 aromatic carbocycles. The van der Waals surface area contributed by atoms with Crippen LogP contribution in [0.25, 0.3) is 0 Å². The Balaban J connectivity index is 3.55. The van der Waals surface area contributed by atoms with Gasteiger partial charge in [-0.05, 0) is 12.8 Å². The number of carbonyl (C=O) groups is 1. The Bertz CT molecular complexity index is 644. The third kappa shape index (κ3) is 35.5. The maximum absolute atomic E-state index is 12.4. The molecule has 0 aliphatic rings. The van der Waals surface area contributed by atoms with Gasteiger partial charge in [-0.3, -0.25) is 4.79 Å². The number of hydrogen-bond donors (Lipinski definition) is 4. The van der Waals surface area contributed by atoms with E-state index in [1.807, 2.05) is 0 Å². The first-order chi connectivity index (χ1) is 24.1. The average molecular weight is 696 g/mol. The summed E-state index contributed by atoms with van der Waals surface area (Å²) in [7, 11) is 0. The first kappa shape index (κ1) is 48.3. The number of carbonyl (C=O) groups excluding carboxylic acids is 1. The van der Waals surface area contributed by atoms with Crippen molar-refractivity contribution in [1.29, 1.82) is 0 Å². The first-order valence-electron chi connectivity index (χ1n) is 22.3. The molecule has 294 valence electrons. The van der Waals surface area contributed by atoms with E-state index in [0.29, 0.717) is 12.8 Å². The molecule has 0 heterocycles. The van der Waals surface area contributed by atoms with Crippen LogP contribution >= 0.6 is 0 Å². The minimum absolute atomic E-state index is 0.139. The van der Waals surface area contributed by atoms with Crippen LogP contribution in [-0.2, 0) is 4.79 Å². The van der Waals surface area contributed by atoms with E-state index >= 15 is 0 Å². The zero-order valence-electron chi connectivity index (χ0n) is 33.4. The molecule has 0 saturated heterocycles. The van der Waals surface area contributed by atoms with E-state index in [9.17, 15) is 20.1 Å². The lowest BCUT2D eigenvalue weighted by Gasteiger charge is -2.26. The van der Waals surface area contributed by atoms with Crippen molar-refractivity contribution in [2.45, 2.75) is 270 Å². The van der Waals surface area contributed by atoms with Crippen LogP contribution in [0.2, 0.25) is 0 Å². The first-order valence-corrected chi connectivity index (χ1v) is 22.3. The van der Waals surface area contributed by atoms with Crippen LogP contribution in [0, 0.1) is 0 Å². The molecule has 0 aromatic heterocycles. The summed E-state index contributed by atoms with van der Waals surface area (Å²) >= 11 is 0. The molecule has 0 aliphatic heterocycles. The van der Waals surface area contributed by atoms with Crippen molar-refractivity contribution in [2.75, 3.05) is 6.61 Å². The molecule has 0 unspecified atom stereocenters. The number of nitrogens with one attached hydrogen (secondary N) is 1. The summed E-state index contributed by atoms with van der Waals surface area (Å²) in [6.07, 6.45) is 45.0. The van der Waals surface area contributed by atoms with Gasteiger partial charge in [0.1, 0.15) is 6.10 Å². The fraction of sp³-hybridized carbons (Fsp3) is 0.977. The second-order valence-corrected chi connectivity index (χ2v) is 15.6. The molecule has 0 rings (SSSR count). The molecule has 0 radical (unpaired) electrons. The van der Waals surface area contributed by atoms with Gasteiger partial charge >= 0.3 is 0 Å². The van der Waals surface area contributed by atoms with Crippen molar-refractivity contribution in [2.24, 2.45) is 0 Å². The van der Waals surface area contributed by atoms with Gasteiger partial charge in [0, 0.05) is 6.42 Å². The Morgan fingerprint density at radius 2 is 0.694 bits per heavy atom. The van der Waals surface area contributed by atoms with E-state index in [2.05, 4.69) is 19.2 Å². The Kier molecular flexibility index (Phi) is 39.6. The van der Waals surface area contributed by atoms with Crippen LogP contribution in [0.15, 0.2) is 0 Å². The predicted molar refractivity (Wildman–Crippen MR) is 213 cm³/mol. The van der Waals surface area contributed by atoms with Crippen molar-refractivity contribution < 1.29 is 20.1 Å². The molecule has 3 atom stereocenters. The molecule has 0 bridgehead atoms. The minimum Gasteiger partial charge on any atom is -0.394 e. The highest BCUT2D eigenvalue weighted by atomic mass is 16.3. The highest BCUT2D eigenvalue weighted by Gasteiger charge is 2.26. The van der Waals surface area contributed by atoms with Crippen molar-refractivity contribution in [3.63, 3.8) is 0 Å². The lowest BCUT2D eigenvalue weighted by molar-refractivity contribution is -0.124. The van der Waals surface area contributed by atoms with Gasteiger partial charge in [0.25, 0.3) is 0 Å². The molecule has 0 saturated carbocycles. The number of aliphatic hydroxyl groups excluding tert-OH is 3. The van der Waals surface area contributed by atoms with Crippen molar-refractivity contribution in [1.82, 2.24) is 5.32 Å². The van der Waals surface area contributed by atoms with Crippen molar-refractivity contribution in [3.05, 3.63) is 0 Å². The second kappa shape index (κ2) is 40.1. The Morgan fingerprint density at radius 3 is 0.980 bits per heavy atom. The standard InChI is InChI=1S/C44H89NO4/c1-3-5-7-9-11-13-15-17-18-19-20-21-22-23-24-25-27-29-31-33-35-37-39-43(48)45-41(40-46)44(49)42(47)38-36-34-32-30-28-26-16-14-12-10-8-6-4-2/h41-42,44,46-47,49H,3-40H2,1-2H3,(H,45,48)/t41-,42+,44-/m0/s1. The Hall–Kier alpha value is -0.650. The van der Waals surface area contributed by atoms with Gasteiger partial charge in [0.15, 0.2) is 0 Å². The maximum Gasteiger partial charge on any atom is 0.220 e. The minimum atomic E-state index is -1.13. The summed E-state index contributed by atoms with van der Waals surface area (Å²) in [6.45, 7) is 4.19. The molecule has 1 amide bonds. The summed E-state index contributed by atoms with van der Waals surface area (Å²) in [5, 5.41) is 33.5. The predicted octanol–water partition coefficient (Wildman–Crippen LogP) is 12.7. The topological polar surface area (TPSA) is 89.8 Å². The van der Waals surface area contributed by atoms with E-state index in [4.69, 9.17) is 0 Å². The van der Waals surface area contributed by atoms with Crippen LogP contribution in [0.3, 0.4) is 0 Å². The summed E-state index contributed by atoms with van der Waals surface area (Å²) in [4.78, 5) is 12.4. The van der Waals surface area contributed by atoms with E-state index in [-0.39, 0.29) is 12.5 Å². The SMILES string of the molecule is CCCCCCCCCCCCCCCCCCCCCCCCC(=O)N[C@@H](CO)[C@H](O)[C@H](O)CCCCCCCCCCCCCCC. The summed E-state index contributed by atoms with van der Waals surface area (Å²) in [6, 6.07) is -0.802. The highest BCUT2D eigenvalue weighted by Crippen LogP contribution is 2.17. The van der Waals surface area contributed by atoms with E-state index in [1.54, 1.807) is 0 Å². The van der Waals surface area contributed by atoms with Gasteiger partial charge in [0.05, 0.1) is 18.8 Å². The molecular weight excluding hydrogens is 606 g/mol. The molecule has 49 heavy (non-hydrogen) atoms. The molecule has 0 spiro atoms. The van der Waals surface area contributed by atoms with Gasteiger partial charge in [0.2, 0.25) is 5.91 Å². The van der Waals surface area contributed by atoms with Crippen LogP contribution in [0.1, 0.15) is 251 Å². The van der Waals surface area contributed by atoms with Crippen LogP contribution < -0.4 is 5.32 Å². The van der Waals surface area contributed by atoms with Crippen LogP contribution in [0.5, 0.6) is 0 Å². The zero-order chi connectivity index (χ0) is 35.9. The second-order valence-electron chi connectivity index (χ2n) is 15.6. The van der Waals surface area contributed by atoms with Gasteiger partial charge in [-0.1, -0.05) is 232 Å². The number of rotatable bonds is 41. The van der Waals surface area contributed by atoms with Gasteiger partial charge in [-0.15, -0.1) is 0 Å². The largest absolute Gasteiger partial charge is 0.394 e. The summed E-state index contributed by atoms with van der Waals surface area (Å²) in [5.74, 6) is -0.139. The Labute approximate surface area is 307 Å². The fourth-order valence-corrected chi connectivity index (χ4v) is 7.22. The van der Waals surface area contributed by atoms with Crippen LogP contribution in [0.4, 0.5) is 0 Å². The van der Waals surface area contributed by atoms with E-state index in [0.717, 1.165) is 32.1 Å². The molecule has 0 fully saturated rings. The van der Waals surface area contributed by atoms with Crippen molar-refractivity contribution >= 4 is 5.91 Å². The van der Waals surface area contributed by atoms with Gasteiger partial charge < -0.3 is 20.6 Å². The number of hydrogen-bond acceptors (Lipinski definition) is 4. The van der Waals surface area contributed by atoms with Crippen molar-refractivity contribution in [3.8, 4) is 0 Å². The molecule has 0 aromatic rings. The molecular formula is C44H89NO4. The zero-order valence-corrected chi connectivity index (χ0v) is 33.4. The molecule has 5 nitrogen and oxygen atoms in total. The van der Waals surface area contributed by atoms with Gasteiger partial charge in [-0.25, -0.2) is 0 Å². The molecule has 0 aliphatic carbocycles. The average Bonchev–Trinajstić information content (AvgIpc) is 3.10. The quantitative estimate of drug-likeness (QED) is 0.0479. The van der Waals surface area contributed by atoms with E-state index < -0.39 is 18.2 Å². The van der Waals surface area contributed by atoms with E-state index in [1.165, 1.54) is 193 Å². The lowest BCUT2D eigenvalue weighted by Crippen LogP contribution is -2.50. The third-order valence-corrected chi connectivity index (χ3v) is 10.7. The number of unbranched alkanes of at least 4 members (excludes halogenated alkanes) is 33. The number of amides is 1. The Morgan fingerprint density at radius 1 is 0.429 bits per heavy atom. The summed E-state index contributed by atoms with van der Waals surface area (Å²) < 4.78 is 0. The molecule has 4 N–H and O–H groups in total. The summed E-state index contributed by atoms with van der Waals surface area (Å²) in [5.41, 5.74) is 0. The third-order valence-electron chi connectivity index (χ3n) is 10.7. The number of aliphatic hydroxyl groups is 3. The van der Waals surface area contributed by atoms with Gasteiger partial charge in [-0.2, -0.15) is 0 Å². The lowest BCUT2D eigenvalue weighted by atomic mass is 9.99. The fourth-order valence-electron chi connectivity index (χ4n) is 7.22. The molecule has 5 heteroatoms. The van der Waals surface area contributed by atoms with Crippen LogP contribution in [-0.4, -0.2) is 46.1 Å². The normalized spacial score (nSPS) is 13.5. The highest BCUT2D eigenvalue weighted by molar-refractivity contribution is 5.76. The monoisotopic (exact) mass is 696 g/mol.